The fourth-order valence-electron chi connectivity index (χ4n) is 1.74. The van der Waals surface area contributed by atoms with Gasteiger partial charge in [-0.25, -0.2) is 0 Å². The standard InChI is InChI=1S/C16H14O4/c1-19-16-9-13(14(18)10-17)7-8-15(16)20-11-12-5-3-2-4-6-12/h2-10H,11H2,1H3. The molecule has 0 atom stereocenters. The van der Waals surface area contributed by atoms with Crippen LogP contribution >= 0.6 is 0 Å². The average molecular weight is 270 g/mol. The van der Waals surface area contributed by atoms with Crippen molar-refractivity contribution < 1.29 is 19.1 Å². The molecule has 0 saturated carbocycles. The second kappa shape index (κ2) is 6.52. The van der Waals surface area contributed by atoms with Crippen molar-refractivity contribution in [2.45, 2.75) is 6.61 Å². The number of ketones is 1. The Balaban J connectivity index is 2.15. The number of ether oxygens (including phenoxy) is 2. The zero-order chi connectivity index (χ0) is 14.4. The van der Waals surface area contributed by atoms with Gasteiger partial charge in [-0.05, 0) is 23.8 Å². The van der Waals surface area contributed by atoms with Crippen LogP contribution in [0.1, 0.15) is 15.9 Å². The molecule has 0 amide bonds. The van der Waals surface area contributed by atoms with E-state index in [0.29, 0.717) is 18.1 Å². The minimum Gasteiger partial charge on any atom is -0.493 e. The summed E-state index contributed by atoms with van der Waals surface area (Å²) in [6.07, 6.45) is 0.277. The minimum atomic E-state index is -0.585. The van der Waals surface area contributed by atoms with Gasteiger partial charge in [0, 0.05) is 5.56 Å². The minimum absolute atomic E-state index is 0.277. The van der Waals surface area contributed by atoms with Gasteiger partial charge in [0.05, 0.1) is 7.11 Å². The first-order valence-corrected chi connectivity index (χ1v) is 6.09. The molecule has 0 unspecified atom stereocenters. The van der Waals surface area contributed by atoms with Crippen molar-refractivity contribution in [1.29, 1.82) is 0 Å². The Hall–Kier alpha value is -2.62. The van der Waals surface area contributed by atoms with Gasteiger partial charge in [0.2, 0.25) is 5.78 Å². The average Bonchev–Trinajstić information content (AvgIpc) is 2.53. The van der Waals surface area contributed by atoms with Crippen LogP contribution in [0.4, 0.5) is 0 Å². The van der Waals surface area contributed by atoms with Gasteiger partial charge in [-0.3, -0.25) is 9.59 Å². The fraction of sp³-hybridized carbons (Fsp3) is 0.125. The molecule has 0 aliphatic heterocycles. The third kappa shape index (κ3) is 3.23. The third-order valence-corrected chi connectivity index (χ3v) is 2.79. The Morgan fingerprint density at radius 3 is 2.50 bits per heavy atom. The van der Waals surface area contributed by atoms with Crippen LogP contribution in [0.2, 0.25) is 0 Å². The van der Waals surface area contributed by atoms with Crippen LogP contribution in [0.5, 0.6) is 11.5 Å². The van der Waals surface area contributed by atoms with E-state index in [4.69, 9.17) is 9.47 Å². The van der Waals surface area contributed by atoms with E-state index in [0.717, 1.165) is 5.56 Å². The molecule has 102 valence electrons. The summed E-state index contributed by atoms with van der Waals surface area (Å²) < 4.78 is 10.8. The first-order chi connectivity index (χ1) is 9.74. The van der Waals surface area contributed by atoms with Crippen molar-refractivity contribution in [2.75, 3.05) is 7.11 Å². The lowest BCUT2D eigenvalue weighted by atomic mass is 10.1. The highest BCUT2D eigenvalue weighted by Crippen LogP contribution is 2.28. The molecular weight excluding hydrogens is 256 g/mol. The Morgan fingerprint density at radius 2 is 1.85 bits per heavy atom. The molecular formula is C16H14O4. The molecule has 0 bridgehead atoms. The summed E-state index contributed by atoms with van der Waals surface area (Å²) in [7, 11) is 1.49. The second-order valence-electron chi connectivity index (χ2n) is 4.12. The monoisotopic (exact) mass is 270 g/mol. The van der Waals surface area contributed by atoms with Gasteiger partial charge in [0.1, 0.15) is 6.61 Å². The Labute approximate surface area is 116 Å². The summed E-state index contributed by atoms with van der Waals surface area (Å²) in [6.45, 7) is 0.401. The van der Waals surface area contributed by atoms with E-state index in [1.165, 1.54) is 13.2 Å². The highest BCUT2D eigenvalue weighted by molar-refractivity contribution is 6.33. The quantitative estimate of drug-likeness (QED) is 0.460. The van der Waals surface area contributed by atoms with Crippen LogP contribution in [-0.2, 0) is 11.4 Å². The topological polar surface area (TPSA) is 52.6 Å². The van der Waals surface area contributed by atoms with Gasteiger partial charge < -0.3 is 9.47 Å². The number of hydrogen-bond donors (Lipinski definition) is 0. The van der Waals surface area contributed by atoms with Crippen molar-refractivity contribution >= 4 is 12.1 Å². The number of carbonyl (C=O) groups is 2. The number of carbonyl (C=O) groups excluding carboxylic acids is 2. The van der Waals surface area contributed by atoms with E-state index in [1.54, 1.807) is 12.1 Å². The lowest BCUT2D eigenvalue weighted by Crippen LogP contribution is -2.02. The molecule has 20 heavy (non-hydrogen) atoms. The number of benzene rings is 2. The molecule has 0 aromatic heterocycles. The Kier molecular flexibility index (Phi) is 4.50. The zero-order valence-electron chi connectivity index (χ0n) is 11.0. The highest BCUT2D eigenvalue weighted by atomic mass is 16.5. The second-order valence-corrected chi connectivity index (χ2v) is 4.12. The van der Waals surface area contributed by atoms with Crippen molar-refractivity contribution in [2.24, 2.45) is 0 Å². The number of rotatable bonds is 6. The molecule has 0 radical (unpaired) electrons. The largest absolute Gasteiger partial charge is 0.493 e. The number of hydrogen-bond acceptors (Lipinski definition) is 4. The van der Waals surface area contributed by atoms with Crippen LogP contribution in [0.25, 0.3) is 0 Å². The normalized spacial score (nSPS) is 9.85. The van der Waals surface area contributed by atoms with E-state index in [-0.39, 0.29) is 11.8 Å². The summed E-state index contributed by atoms with van der Waals surface area (Å²) in [5, 5.41) is 0. The molecule has 2 aromatic rings. The summed E-state index contributed by atoms with van der Waals surface area (Å²) in [5.74, 6) is 0.366. The summed E-state index contributed by atoms with van der Waals surface area (Å²) in [5.41, 5.74) is 1.31. The molecule has 0 aliphatic carbocycles. The Morgan fingerprint density at radius 1 is 1.10 bits per heavy atom. The van der Waals surface area contributed by atoms with Crippen LogP contribution < -0.4 is 9.47 Å². The predicted octanol–water partition coefficient (Wildman–Crippen LogP) is 2.66. The summed E-state index contributed by atoms with van der Waals surface area (Å²) >= 11 is 0. The van der Waals surface area contributed by atoms with Crippen LogP contribution in [0, 0.1) is 0 Å². The van der Waals surface area contributed by atoms with E-state index in [1.807, 2.05) is 30.3 Å². The molecule has 2 aromatic carbocycles. The van der Waals surface area contributed by atoms with Gasteiger partial charge in [-0.15, -0.1) is 0 Å². The van der Waals surface area contributed by atoms with E-state index in [2.05, 4.69) is 0 Å². The molecule has 0 N–H and O–H groups in total. The zero-order valence-corrected chi connectivity index (χ0v) is 11.0. The Bertz CT molecular complexity index is 605. The summed E-state index contributed by atoms with van der Waals surface area (Å²) in [4.78, 5) is 21.8. The predicted molar refractivity (Wildman–Crippen MR) is 74.2 cm³/mol. The molecule has 2 rings (SSSR count). The van der Waals surface area contributed by atoms with Gasteiger partial charge in [-0.1, -0.05) is 30.3 Å². The van der Waals surface area contributed by atoms with Gasteiger partial charge in [0.15, 0.2) is 17.8 Å². The molecule has 4 heteroatoms. The fourth-order valence-corrected chi connectivity index (χ4v) is 1.74. The van der Waals surface area contributed by atoms with Crippen molar-refractivity contribution in [1.82, 2.24) is 0 Å². The van der Waals surface area contributed by atoms with E-state index in [9.17, 15) is 9.59 Å². The molecule has 0 spiro atoms. The van der Waals surface area contributed by atoms with Crippen molar-refractivity contribution in [3.63, 3.8) is 0 Å². The number of aldehydes is 1. The van der Waals surface area contributed by atoms with Crippen LogP contribution in [0.3, 0.4) is 0 Å². The maximum absolute atomic E-state index is 11.3. The number of methoxy groups -OCH3 is 1. The smallest absolute Gasteiger partial charge is 0.225 e. The van der Waals surface area contributed by atoms with Crippen molar-refractivity contribution in [3.8, 4) is 11.5 Å². The maximum Gasteiger partial charge on any atom is 0.225 e. The SMILES string of the molecule is COc1cc(C(=O)C=O)ccc1OCc1ccccc1. The first-order valence-electron chi connectivity index (χ1n) is 6.09. The molecule has 4 nitrogen and oxygen atoms in total. The van der Waals surface area contributed by atoms with Crippen LogP contribution in [-0.4, -0.2) is 19.2 Å². The molecule has 0 aliphatic rings. The lowest BCUT2D eigenvalue weighted by Gasteiger charge is -2.11. The summed E-state index contributed by atoms with van der Waals surface area (Å²) in [6, 6.07) is 14.4. The molecule has 0 fully saturated rings. The number of Topliss-reactive ketones (excluding diaryl/α,β-unsaturated/α-hetero) is 1. The lowest BCUT2D eigenvalue weighted by molar-refractivity contribution is -0.104. The molecule has 0 heterocycles. The van der Waals surface area contributed by atoms with Crippen LogP contribution in [0.15, 0.2) is 48.5 Å². The third-order valence-electron chi connectivity index (χ3n) is 2.79. The molecule has 0 saturated heterocycles. The highest BCUT2D eigenvalue weighted by Gasteiger charge is 2.10. The van der Waals surface area contributed by atoms with E-state index < -0.39 is 5.78 Å². The van der Waals surface area contributed by atoms with Gasteiger partial charge >= 0.3 is 0 Å². The van der Waals surface area contributed by atoms with Crippen molar-refractivity contribution in [3.05, 3.63) is 59.7 Å². The van der Waals surface area contributed by atoms with Gasteiger partial charge in [-0.2, -0.15) is 0 Å². The maximum atomic E-state index is 11.3. The van der Waals surface area contributed by atoms with Gasteiger partial charge in [0.25, 0.3) is 0 Å². The first kappa shape index (κ1) is 13.8. The van der Waals surface area contributed by atoms with E-state index >= 15 is 0 Å².